The molecule has 0 fully saturated rings. The van der Waals surface area contributed by atoms with Gasteiger partial charge in [0, 0.05) is 18.5 Å². The zero-order valence-corrected chi connectivity index (χ0v) is 17.0. The van der Waals surface area contributed by atoms with Gasteiger partial charge < -0.3 is 9.64 Å². The molecular formula is C24H23NO3S. The van der Waals surface area contributed by atoms with E-state index in [2.05, 4.69) is 0 Å². The molecule has 3 rings (SSSR count). The van der Waals surface area contributed by atoms with E-state index in [9.17, 15) is 9.59 Å². The van der Waals surface area contributed by atoms with Crippen LogP contribution in [0.4, 0.5) is 0 Å². The maximum Gasteiger partial charge on any atom is 0.324 e. The SMILES string of the molecule is CN(Cc1ccccc1)C(=O)COC(=O)[C@@H](Sc1ccccc1)c1ccccc1. The molecule has 5 heteroatoms. The minimum absolute atomic E-state index is 0.237. The molecule has 0 radical (unpaired) electrons. The quantitative estimate of drug-likeness (QED) is 0.402. The lowest BCUT2D eigenvalue weighted by Crippen LogP contribution is -2.31. The van der Waals surface area contributed by atoms with Gasteiger partial charge in [-0.3, -0.25) is 9.59 Å². The number of esters is 1. The van der Waals surface area contributed by atoms with Crippen LogP contribution in [0.2, 0.25) is 0 Å². The molecule has 0 heterocycles. The van der Waals surface area contributed by atoms with Crippen LogP contribution < -0.4 is 0 Å². The standard InChI is InChI=1S/C24H23NO3S/c1-25(17-19-11-5-2-6-12-19)22(26)18-28-24(27)23(20-13-7-3-8-14-20)29-21-15-9-4-10-16-21/h2-16,23H,17-18H2,1H3/t23-/m0/s1. The molecule has 4 nitrogen and oxygen atoms in total. The van der Waals surface area contributed by atoms with E-state index in [-0.39, 0.29) is 12.5 Å². The summed E-state index contributed by atoms with van der Waals surface area (Å²) < 4.78 is 5.40. The number of carbonyl (C=O) groups is 2. The van der Waals surface area contributed by atoms with E-state index < -0.39 is 11.2 Å². The van der Waals surface area contributed by atoms with Crippen LogP contribution >= 0.6 is 11.8 Å². The van der Waals surface area contributed by atoms with E-state index in [1.54, 1.807) is 11.9 Å². The highest BCUT2D eigenvalue weighted by molar-refractivity contribution is 8.00. The first kappa shape index (κ1) is 20.7. The van der Waals surface area contributed by atoms with Crippen LogP contribution in [0.5, 0.6) is 0 Å². The molecular weight excluding hydrogens is 382 g/mol. The van der Waals surface area contributed by atoms with Gasteiger partial charge in [-0.05, 0) is 23.3 Å². The molecule has 29 heavy (non-hydrogen) atoms. The molecule has 0 saturated heterocycles. The van der Waals surface area contributed by atoms with Crippen molar-refractivity contribution in [2.75, 3.05) is 13.7 Å². The van der Waals surface area contributed by atoms with E-state index in [4.69, 9.17) is 4.74 Å². The summed E-state index contributed by atoms with van der Waals surface area (Å²) in [6.45, 7) is 0.193. The normalized spacial score (nSPS) is 11.5. The molecule has 1 amide bonds. The van der Waals surface area contributed by atoms with Crippen molar-refractivity contribution in [1.29, 1.82) is 0 Å². The lowest BCUT2D eigenvalue weighted by Gasteiger charge is -2.19. The number of carbonyl (C=O) groups excluding carboxylic acids is 2. The average Bonchev–Trinajstić information content (AvgIpc) is 2.77. The Kier molecular flexibility index (Phi) is 7.47. The van der Waals surface area contributed by atoms with Crippen molar-refractivity contribution in [3.05, 3.63) is 102 Å². The molecule has 148 valence electrons. The van der Waals surface area contributed by atoms with Crippen LogP contribution in [0.1, 0.15) is 16.4 Å². The summed E-state index contributed by atoms with van der Waals surface area (Å²) in [4.78, 5) is 27.8. The Morgan fingerprint density at radius 3 is 2.03 bits per heavy atom. The van der Waals surface area contributed by atoms with E-state index in [1.807, 2.05) is 91.0 Å². The van der Waals surface area contributed by atoms with Gasteiger partial charge in [-0.15, -0.1) is 11.8 Å². The molecule has 0 aliphatic rings. The minimum Gasteiger partial charge on any atom is -0.454 e. The summed E-state index contributed by atoms with van der Waals surface area (Å²) in [5.74, 6) is -0.662. The lowest BCUT2D eigenvalue weighted by molar-refractivity contribution is -0.151. The van der Waals surface area contributed by atoms with Gasteiger partial charge >= 0.3 is 5.97 Å². The van der Waals surface area contributed by atoms with Crippen LogP contribution in [-0.2, 0) is 20.9 Å². The number of amides is 1. The van der Waals surface area contributed by atoms with Gasteiger partial charge in [-0.1, -0.05) is 78.9 Å². The summed E-state index contributed by atoms with van der Waals surface area (Å²) in [5, 5.41) is -0.536. The number of hydrogen-bond donors (Lipinski definition) is 0. The topological polar surface area (TPSA) is 46.6 Å². The Labute approximate surface area is 175 Å². The molecule has 3 aromatic carbocycles. The fourth-order valence-electron chi connectivity index (χ4n) is 2.78. The first-order chi connectivity index (χ1) is 14.1. The average molecular weight is 406 g/mol. The third kappa shape index (κ3) is 6.22. The number of ether oxygens (including phenoxy) is 1. The van der Waals surface area contributed by atoms with Gasteiger partial charge in [0.1, 0.15) is 5.25 Å². The largest absolute Gasteiger partial charge is 0.454 e. The fourth-order valence-corrected chi connectivity index (χ4v) is 3.82. The van der Waals surface area contributed by atoms with Crippen molar-refractivity contribution >= 4 is 23.6 Å². The van der Waals surface area contributed by atoms with E-state index in [0.29, 0.717) is 6.54 Å². The Hall–Kier alpha value is -3.05. The second kappa shape index (κ2) is 10.5. The zero-order valence-electron chi connectivity index (χ0n) is 16.2. The zero-order chi connectivity index (χ0) is 20.5. The predicted molar refractivity (Wildman–Crippen MR) is 115 cm³/mol. The maximum absolute atomic E-state index is 12.8. The summed E-state index contributed by atoms with van der Waals surface area (Å²) in [7, 11) is 1.70. The van der Waals surface area contributed by atoms with Crippen molar-refractivity contribution in [3.63, 3.8) is 0 Å². The van der Waals surface area contributed by atoms with Crippen molar-refractivity contribution in [2.24, 2.45) is 0 Å². The lowest BCUT2D eigenvalue weighted by atomic mass is 10.1. The number of thioether (sulfide) groups is 1. The van der Waals surface area contributed by atoms with Gasteiger partial charge in [0.05, 0.1) is 0 Å². The third-order valence-corrected chi connectivity index (χ3v) is 5.58. The van der Waals surface area contributed by atoms with Gasteiger partial charge in [0.2, 0.25) is 0 Å². The smallest absolute Gasteiger partial charge is 0.324 e. The minimum atomic E-state index is -0.536. The second-order valence-corrected chi connectivity index (χ2v) is 7.74. The molecule has 0 bridgehead atoms. The number of benzene rings is 3. The van der Waals surface area contributed by atoms with Gasteiger partial charge in [0.15, 0.2) is 6.61 Å². The number of nitrogens with zero attached hydrogens (tertiary/aromatic N) is 1. The summed E-state index contributed by atoms with van der Waals surface area (Å²) >= 11 is 1.41. The Morgan fingerprint density at radius 2 is 1.41 bits per heavy atom. The highest BCUT2D eigenvalue weighted by atomic mass is 32.2. The first-order valence-corrected chi connectivity index (χ1v) is 10.2. The first-order valence-electron chi connectivity index (χ1n) is 9.34. The van der Waals surface area contributed by atoms with Gasteiger partial charge in [0.25, 0.3) is 5.91 Å². The van der Waals surface area contributed by atoms with Crippen LogP contribution in [0.25, 0.3) is 0 Å². The molecule has 0 aliphatic heterocycles. The number of likely N-dealkylation sites (N-methyl/N-ethyl adjacent to an activating group) is 1. The molecule has 1 atom stereocenters. The number of rotatable bonds is 8. The second-order valence-electron chi connectivity index (χ2n) is 6.56. The maximum atomic E-state index is 12.8. The summed E-state index contributed by atoms with van der Waals surface area (Å²) in [6.07, 6.45) is 0. The van der Waals surface area contributed by atoms with Crippen LogP contribution in [0, 0.1) is 0 Å². The van der Waals surface area contributed by atoms with Crippen LogP contribution in [0.3, 0.4) is 0 Å². The van der Waals surface area contributed by atoms with Crippen LogP contribution in [-0.4, -0.2) is 30.4 Å². The highest BCUT2D eigenvalue weighted by Crippen LogP contribution is 2.36. The summed E-state index contributed by atoms with van der Waals surface area (Å²) in [6, 6.07) is 28.9. The fraction of sp³-hybridized carbons (Fsp3) is 0.167. The molecule has 0 saturated carbocycles. The molecule has 3 aromatic rings. The van der Waals surface area contributed by atoms with Crippen LogP contribution in [0.15, 0.2) is 95.9 Å². The van der Waals surface area contributed by atoms with Gasteiger partial charge in [-0.2, -0.15) is 0 Å². The van der Waals surface area contributed by atoms with Gasteiger partial charge in [-0.25, -0.2) is 0 Å². The van der Waals surface area contributed by atoms with Crippen molar-refractivity contribution in [1.82, 2.24) is 4.90 Å². The molecule has 0 spiro atoms. The molecule has 0 aromatic heterocycles. The van der Waals surface area contributed by atoms with E-state index in [0.717, 1.165) is 16.0 Å². The highest BCUT2D eigenvalue weighted by Gasteiger charge is 2.25. The van der Waals surface area contributed by atoms with E-state index >= 15 is 0 Å². The Balaban J connectivity index is 1.62. The third-order valence-electron chi connectivity index (χ3n) is 4.34. The summed E-state index contributed by atoms with van der Waals surface area (Å²) in [5.41, 5.74) is 1.87. The predicted octanol–water partition coefficient (Wildman–Crippen LogP) is 4.72. The molecule has 0 aliphatic carbocycles. The monoisotopic (exact) mass is 405 g/mol. The van der Waals surface area contributed by atoms with Crippen molar-refractivity contribution in [3.8, 4) is 0 Å². The van der Waals surface area contributed by atoms with Crippen molar-refractivity contribution in [2.45, 2.75) is 16.7 Å². The van der Waals surface area contributed by atoms with Crippen molar-refractivity contribution < 1.29 is 14.3 Å². The Morgan fingerprint density at radius 1 is 0.862 bits per heavy atom. The molecule has 0 N–H and O–H groups in total. The van der Waals surface area contributed by atoms with E-state index in [1.165, 1.54) is 11.8 Å². The Bertz CT molecular complexity index is 917. The number of hydrogen-bond acceptors (Lipinski definition) is 4. The molecule has 0 unspecified atom stereocenters.